The number of fused-ring (bicyclic) bond motifs is 1. The molecule has 2 rings (SSSR count). The molecule has 0 saturated heterocycles. The van der Waals surface area contributed by atoms with E-state index in [4.69, 9.17) is 11.5 Å². The van der Waals surface area contributed by atoms with Gasteiger partial charge in [0.1, 0.15) is 5.69 Å². The molecule has 108 valence electrons. The average Bonchev–Trinajstić information content (AvgIpc) is 2.85. The predicted octanol–water partition coefficient (Wildman–Crippen LogP) is 1.27. The maximum atomic E-state index is 12.1. The molecule has 5 nitrogen and oxygen atoms in total. The lowest BCUT2D eigenvalue weighted by Gasteiger charge is -2.11. The summed E-state index contributed by atoms with van der Waals surface area (Å²) in [6.45, 7) is 3.12. The van der Waals surface area contributed by atoms with Crippen LogP contribution in [0, 0.1) is 6.92 Å². The minimum atomic E-state index is -0.123. The highest BCUT2D eigenvalue weighted by Gasteiger charge is 2.10. The van der Waals surface area contributed by atoms with Crippen molar-refractivity contribution in [1.29, 1.82) is 0 Å². The van der Waals surface area contributed by atoms with E-state index < -0.39 is 0 Å². The summed E-state index contributed by atoms with van der Waals surface area (Å²) in [4.78, 5) is 15.2. The highest BCUT2D eigenvalue weighted by Crippen LogP contribution is 2.16. The molecule has 0 aliphatic heterocycles. The van der Waals surface area contributed by atoms with Crippen LogP contribution in [0.15, 0.2) is 24.3 Å². The molecule has 0 bridgehead atoms. The Bertz CT molecular complexity index is 591. The highest BCUT2D eigenvalue weighted by molar-refractivity contribution is 5.98. The van der Waals surface area contributed by atoms with Gasteiger partial charge < -0.3 is 21.8 Å². The topological polar surface area (TPSA) is 96.9 Å². The van der Waals surface area contributed by atoms with E-state index in [2.05, 4.69) is 10.3 Å². The Morgan fingerprint density at radius 2 is 2.20 bits per heavy atom. The van der Waals surface area contributed by atoms with E-state index in [9.17, 15) is 4.79 Å². The second-order valence-corrected chi connectivity index (χ2v) is 5.17. The van der Waals surface area contributed by atoms with Gasteiger partial charge in [-0.1, -0.05) is 12.1 Å². The molecule has 1 amide bonds. The van der Waals surface area contributed by atoms with E-state index >= 15 is 0 Å². The lowest BCUT2D eigenvalue weighted by molar-refractivity contribution is 0.0946. The SMILES string of the molecule is Cc1ccc2cc(C(=O)NC[C@@H](N)CCCN)[nH]c2c1. The fourth-order valence-corrected chi connectivity index (χ4v) is 2.16. The van der Waals surface area contributed by atoms with Crippen molar-refractivity contribution in [2.45, 2.75) is 25.8 Å². The summed E-state index contributed by atoms with van der Waals surface area (Å²) in [6.07, 6.45) is 1.70. The largest absolute Gasteiger partial charge is 0.351 e. The molecule has 1 aromatic heterocycles. The molecule has 1 aromatic carbocycles. The Morgan fingerprint density at radius 3 is 2.95 bits per heavy atom. The average molecular weight is 274 g/mol. The van der Waals surface area contributed by atoms with Crippen LogP contribution < -0.4 is 16.8 Å². The standard InChI is InChI=1S/C15H22N4O/c1-10-4-5-11-8-14(19-13(11)7-10)15(20)18-9-12(17)3-2-6-16/h4-5,7-8,12,19H,2-3,6,9,16-17H2,1H3,(H,18,20)/t12-/m0/s1. The van der Waals surface area contributed by atoms with Gasteiger partial charge in [0.05, 0.1) is 0 Å². The fraction of sp³-hybridized carbons (Fsp3) is 0.400. The number of rotatable bonds is 6. The van der Waals surface area contributed by atoms with Gasteiger partial charge in [-0.2, -0.15) is 0 Å². The summed E-state index contributed by atoms with van der Waals surface area (Å²) in [5.41, 5.74) is 14.0. The van der Waals surface area contributed by atoms with Crippen LogP contribution in [0.4, 0.5) is 0 Å². The lowest BCUT2D eigenvalue weighted by atomic mass is 10.1. The molecule has 0 aliphatic rings. The minimum absolute atomic E-state index is 0.0471. The van der Waals surface area contributed by atoms with Crippen molar-refractivity contribution < 1.29 is 4.79 Å². The maximum absolute atomic E-state index is 12.1. The number of hydrogen-bond acceptors (Lipinski definition) is 3. The maximum Gasteiger partial charge on any atom is 0.267 e. The number of H-pyrrole nitrogens is 1. The van der Waals surface area contributed by atoms with E-state index in [0.29, 0.717) is 18.8 Å². The number of nitrogens with two attached hydrogens (primary N) is 2. The zero-order valence-electron chi connectivity index (χ0n) is 11.8. The van der Waals surface area contributed by atoms with Crippen LogP contribution >= 0.6 is 0 Å². The van der Waals surface area contributed by atoms with Crippen LogP contribution in [0.5, 0.6) is 0 Å². The van der Waals surface area contributed by atoms with Gasteiger partial charge in [0, 0.05) is 23.5 Å². The minimum Gasteiger partial charge on any atom is -0.351 e. The molecule has 6 N–H and O–H groups in total. The van der Waals surface area contributed by atoms with Gasteiger partial charge in [-0.3, -0.25) is 4.79 Å². The third-order valence-electron chi connectivity index (χ3n) is 3.33. The molecular formula is C15H22N4O. The molecule has 0 aliphatic carbocycles. The van der Waals surface area contributed by atoms with E-state index in [1.165, 1.54) is 0 Å². The quantitative estimate of drug-likeness (QED) is 0.638. The number of amides is 1. The molecule has 0 spiro atoms. The number of carbonyl (C=O) groups excluding carboxylic acids is 1. The molecular weight excluding hydrogens is 252 g/mol. The van der Waals surface area contributed by atoms with Crippen LogP contribution in [0.25, 0.3) is 10.9 Å². The van der Waals surface area contributed by atoms with Crippen molar-refractivity contribution in [1.82, 2.24) is 10.3 Å². The Hall–Kier alpha value is -1.85. The number of aromatic amines is 1. The summed E-state index contributed by atoms with van der Waals surface area (Å²) >= 11 is 0. The van der Waals surface area contributed by atoms with E-state index in [1.54, 1.807) is 0 Å². The van der Waals surface area contributed by atoms with Crippen molar-refractivity contribution in [2.24, 2.45) is 11.5 Å². The number of aromatic nitrogens is 1. The molecule has 0 fully saturated rings. The smallest absolute Gasteiger partial charge is 0.267 e. The molecule has 20 heavy (non-hydrogen) atoms. The van der Waals surface area contributed by atoms with Gasteiger partial charge in [0.15, 0.2) is 0 Å². The normalized spacial score (nSPS) is 12.6. The van der Waals surface area contributed by atoms with Crippen molar-refractivity contribution in [2.75, 3.05) is 13.1 Å². The van der Waals surface area contributed by atoms with Gasteiger partial charge >= 0.3 is 0 Å². The summed E-state index contributed by atoms with van der Waals surface area (Å²) in [5.74, 6) is -0.123. The number of benzene rings is 1. The predicted molar refractivity (Wildman–Crippen MR) is 81.6 cm³/mol. The summed E-state index contributed by atoms with van der Waals surface area (Å²) in [5, 5.41) is 3.88. The second-order valence-electron chi connectivity index (χ2n) is 5.17. The van der Waals surface area contributed by atoms with Crippen molar-refractivity contribution >= 4 is 16.8 Å². The lowest BCUT2D eigenvalue weighted by Crippen LogP contribution is -2.37. The summed E-state index contributed by atoms with van der Waals surface area (Å²) in [7, 11) is 0. The van der Waals surface area contributed by atoms with Crippen LogP contribution in [0.2, 0.25) is 0 Å². The van der Waals surface area contributed by atoms with Gasteiger partial charge in [0.2, 0.25) is 0 Å². The van der Waals surface area contributed by atoms with Crippen LogP contribution in [0.3, 0.4) is 0 Å². The Balaban J connectivity index is 1.97. The number of carbonyl (C=O) groups is 1. The third kappa shape index (κ3) is 3.59. The van der Waals surface area contributed by atoms with Gasteiger partial charge in [-0.05, 0) is 44.0 Å². The molecule has 1 heterocycles. The zero-order chi connectivity index (χ0) is 14.5. The van der Waals surface area contributed by atoms with Crippen LogP contribution in [-0.2, 0) is 0 Å². The van der Waals surface area contributed by atoms with Gasteiger partial charge in [0.25, 0.3) is 5.91 Å². The van der Waals surface area contributed by atoms with Crippen molar-refractivity contribution in [3.8, 4) is 0 Å². The van der Waals surface area contributed by atoms with Gasteiger partial charge in [-0.15, -0.1) is 0 Å². The molecule has 0 unspecified atom stereocenters. The number of hydrogen-bond donors (Lipinski definition) is 4. The number of nitrogens with one attached hydrogen (secondary N) is 2. The van der Waals surface area contributed by atoms with Crippen LogP contribution in [-0.4, -0.2) is 30.0 Å². The second kappa shape index (κ2) is 6.54. The van der Waals surface area contributed by atoms with E-state index in [-0.39, 0.29) is 11.9 Å². The van der Waals surface area contributed by atoms with Crippen molar-refractivity contribution in [3.63, 3.8) is 0 Å². The first-order valence-corrected chi connectivity index (χ1v) is 6.93. The molecule has 2 aromatic rings. The Kier molecular flexibility index (Phi) is 4.76. The van der Waals surface area contributed by atoms with Crippen molar-refractivity contribution in [3.05, 3.63) is 35.5 Å². The molecule has 0 saturated carbocycles. The van der Waals surface area contributed by atoms with Gasteiger partial charge in [-0.25, -0.2) is 0 Å². The Labute approximate surface area is 118 Å². The zero-order valence-corrected chi connectivity index (χ0v) is 11.8. The fourth-order valence-electron chi connectivity index (χ4n) is 2.16. The van der Waals surface area contributed by atoms with E-state index in [0.717, 1.165) is 29.3 Å². The number of aryl methyl sites for hydroxylation is 1. The molecule has 5 heteroatoms. The Morgan fingerprint density at radius 1 is 1.40 bits per heavy atom. The third-order valence-corrected chi connectivity index (χ3v) is 3.33. The summed E-state index contributed by atoms with van der Waals surface area (Å²) < 4.78 is 0. The first-order valence-electron chi connectivity index (χ1n) is 6.93. The molecule has 0 radical (unpaired) electrons. The first kappa shape index (κ1) is 14.6. The highest BCUT2D eigenvalue weighted by atomic mass is 16.1. The van der Waals surface area contributed by atoms with E-state index in [1.807, 2.05) is 31.2 Å². The monoisotopic (exact) mass is 274 g/mol. The van der Waals surface area contributed by atoms with Crippen LogP contribution in [0.1, 0.15) is 28.9 Å². The molecule has 1 atom stereocenters. The summed E-state index contributed by atoms with van der Waals surface area (Å²) in [6, 6.07) is 7.87. The first-order chi connectivity index (χ1) is 9.60.